The Bertz CT molecular complexity index is 725. The molecule has 1 aromatic carbocycles. The van der Waals surface area contributed by atoms with Crippen LogP contribution < -0.4 is 20.7 Å². The first-order valence-electron chi connectivity index (χ1n) is 11.5. The molecule has 3 N–H and O–H groups in total. The van der Waals surface area contributed by atoms with E-state index in [4.69, 9.17) is 10.5 Å². The number of piperazine rings is 1. The highest BCUT2D eigenvalue weighted by atomic mass is 16.5. The summed E-state index contributed by atoms with van der Waals surface area (Å²) in [6.45, 7) is 7.83. The van der Waals surface area contributed by atoms with Crippen molar-refractivity contribution in [2.45, 2.75) is 25.7 Å². The molecule has 2 fully saturated rings. The van der Waals surface area contributed by atoms with Crippen LogP contribution in [0.15, 0.2) is 29.3 Å². The Morgan fingerprint density at radius 2 is 1.90 bits per heavy atom. The summed E-state index contributed by atoms with van der Waals surface area (Å²) in [4.78, 5) is 22.9. The molecule has 0 saturated carbocycles. The number of hydrogen-bond donors (Lipinski definition) is 2. The Balaban J connectivity index is 1.32. The number of primary amides is 1. The number of likely N-dealkylation sites (tertiary alicyclic amines) is 1. The lowest BCUT2D eigenvalue weighted by Crippen LogP contribution is -2.52. The molecule has 0 unspecified atom stereocenters. The van der Waals surface area contributed by atoms with Crippen molar-refractivity contribution >= 4 is 17.6 Å². The third kappa shape index (κ3) is 6.75. The van der Waals surface area contributed by atoms with Crippen LogP contribution in [0.25, 0.3) is 0 Å². The standard InChI is InChI=1S/C23H38N6O2/c1-25-23(26-10-3-4-11-27-12-8-19(9-13-27)22(24)30)29-16-14-28(15-17-29)20-6-5-7-21(18-20)31-2/h5-7,18-19H,3-4,8-17H2,1-2H3,(H2,24,30)(H,25,26). The van der Waals surface area contributed by atoms with Crippen molar-refractivity contribution in [2.75, 3.05) is 71.4 Å². The van der Waals surface area contributed by atoms with E-state index in [9.17, 15) is 4.79 Å². The minimum Gasteiger partial charge on any atom is -0.497 e. The largest absolute Gasteiger partial charge is 0.497 e. The van der Waals surface area contributed by atoms with Crippen LogP contribution >= 0.6 is 0 Å². The van der Waals surface area contributed by atoms with Gasteiger partial charge in [-0.25, -0.2) is 0 Å². The molecule has 172 valence electrons. The number of hydrogen-bond acceptors (Lipinski definition) is 5. The van der Waals surface area contributed by atoms with Gasteiger partial charge in [-0.05, 0) is 57.5 Å². The lowest BCUT2D eigenvalue weighted by Gasteiger charge is -2.37. The maximum atomic E-state index is 11.3. The number of carbonyl (C=O) groups excluding carboxylic acids is 1. The molecule has 0 bridgehead atoms. The quantitative estimate of drug-likeness (QED) is 0.368. The number of rotatable bonds is 8. The van der Waals surface area contributed by atoms with Crippen LogP contribution in [0.1, 0.15) is 25.7 Å². The zero-order valence-corrected chi connectivity index (χ0v) is 19.1. The highest BCUT2D eigenvalue weighted by Crippen LogP contribution is 2.22. The van der Waals surface area contributed by atoms with Crippen LogP contribution in [0.5, 0.6) is 5.75 Å². The molecule has 0 atom stereocenters. The molecule has 0 spiro atoms. The van der Waals surface area contributed by atoms with Crippen LogP contribution in [0, 0.1) is 5.92 Å². The molecule has 0 radical (unpaired) electrons. The third-order valence-electron chi connectivity index (χ3n) is 6.38. The first kappa shape index (κ1) is 23.2. The number of carbonyl (C=O) groups is 1. The molecule has 3 rings (SSSR count). The number of ether oxygens (including phenoxy) is 1. The van der Waals surface area contributed by atoms with E-state index in [1.54, 1.807) is 7.11 Å². The fourth-order valence-electron chi connectivity index (χ4n) is 4.42. The second-order valence-electron chi connectivity index (χ2n) is 8.37. The minimum atomic E-state index is -0.139. The number of nitrogens with two attached hydrogens (primary N) is 1. The van der Waals surface area contributed by atoms with E-state index in [-0.39, 0.29) is 11.8 Å². The first-order chi connectivity index (χ1) is 15.1. The van der Waals surface area contributed by atoms with E-state index >= 15 is 0 Å². The minimum absolute atomic E-state index is 0.0747. The Morgan fingerprint density at radius 3 is 2.55 bits per heavy atom. The van der Waals surface area contributed by atoms with Gasteiger partial charge in [0, 0.05) is 57.4 Å². The molecule has 31 heavy (non-hydrogen) atoms. The first-order valence-corrected chi connectivity index (χ1v) is 11.5. The molecule has 2 aliphatic rings. The number of amides is 1. The van der Waals surface area contributed by atoms with Gasteiger partial charge in [-0.3, -0.25) is 9.79 Å². The van der Waals surface area contributed by atoms with Crippen LogP contribution in [0.3, 0.4) is 0 Å². The molecule has 2 saturated heterocycles. The number of nitrogens with one attached hydrogen (secondary N) is 1. The summed E-state index contributed by atoms with van der Waals surface area (Å²) < 4.78 is 5.35. The summed E-state index contributed by atoms with van der Waals surface area (Å²) in [5.74, 6) is 1.83. The van der Waals surface area contributed by atoms with Gasteiger partial charge in [0.25, 0.3) is 0 Å². The Morgan fingerprint density at radius 1 is 1.16 bits per heavy atom. The monoisotopic (exact) mass is 430 g/mol. The summed E-state index contributed by atoms with van der Waals surface area (Å²) in [6, 6.07) is 8.26. The van der Waals surface area contributed by atoms with Crippen molar-refractivity contribution in [3.63, 3.8) is 0 Å². The number of guanidine groups is 1. The third-order valence-corrected chi connectivity index (χ3v) is 6.38. The number of benzene rings is 1. The van der Waals surface area contributed by atoms with Crippen LogP contribution in [-0.4, -0.2) is 88.2 Å². The highest BCUT2D eigenvalue weighted by Gasteiger charge is 2.23. The predicted octanol–water partition coefficient (Wildman–Crippen LogP) is 1.37. The molecule has 2 heterocycles. The molecule has 8 heteroatoms. The number of unbranched alkanes of at least 4 members (excludes halogenated alkanes) is 1. The van der Waals surface area contributed by atoms with Gasteiger partial charge >= 0.3 is 0 Å². The molecular weight excluding hydrogens is 392 g/mol. The van der Waals surface area contributed by atoms with Gasteiger partial charge in [-0.1, -0.05) is 6.07 Å². The van der Waals surface area contributed by atoms with E-state index in [1.807, 2.05) is 19.2 Å². The molecule has 8 nitrogen and oxygen atoms in total. The van der Waals surface area contributed by atoms with E-state index < -0.39 is 0 Å². The fourth-order valence-corrected chi connectivity index (χ4v) is 4.42. The summed E-state index contributed by atoms with van der Waals surface area (Å²) in [5.41, 5.74) is 6.63. The van der Waals surface area contributed by atoms with E-state index in [1.165, 1.54) is 5.69 Å². The fraction of sp³-hybridized carbons (Fsp3) is 0.652. The maximum absolute atomic E-state index is 11.3. The second kappa shape index (κ2) is 11.8. The van der Waals surface area contributed by atoms with Crippen LogP contribution in [0.4, 0.5) is 5.69 Å². The summed E-state index contributed by atoms with van der Waals surface area (Å²) in [6.07, 6.45) is 4.07. The van der Waals surface area contributed by atoms with Gasteiger partial charge in [0.05, 0.1) is 7.11 Å². The zero-order valence-electron chi connectivity index (χ0n) is 19.1. The van der Waals surface area contributed by atoms with Crippen molar-refractivity contribution in [1.82, 2.24) is 15.1 Å². The highest BCUT2D eigenvalue weighted by molar-refractivity contribution is 5.80. The van der Waals surface area contributed by atoms with Crippen LogP contribution in [0.2, 0.25) is 0 Å². The smallest absolute Gasteiger partial charge is 0.220 e. The van der Waals surface area contributed by atoms with E-state index in [0.29, 0.717) is 0 Å². The van der Waals surface area contributed by atoms with Gasteiger partial charge in [0.15, 0.2) is 5.96 Å². The average Bonchev–Trinajstić information content (AvgIpc) is 2.82. The van der Waals surface area contributed by atoms with Gasteiger partial charge in [0.2, 0.25) is 5.91 Å². The number of methoxy groups -OCH3 is 1. The van der Waals surface area contributed by atoms with E-state index in [2.05, 4.69) is 37.1 Å². The second-order valence-corrected chi connectivity index (χ2v) is 8.37. The number of anilines is 1. The van der Waals surface area contributed by atoms with Crippen molar-refractivity contribution in [2.24, 2.45) is 16.6 Å². The van der Waals surface area contributed by atoms with Gasteiger partial charge in [-0.15, -0.1) is 0 Å². The Kier molecular flexibility index (Phi) is 8.82. The van der Waals surface area contributed by atoms with Crippen molar-refractivity contribution < 1.29 is 9.53 Å². The number of piperidine rings is 1. The SMILES string of the molecule is CN=C(NCCCCN1CCC(C(N)=O)CC1)N1CCN(c2cccc(OC)c2)CC1. The van der Waals surface area contributed by atoms with Gasteiger partial charge in [-0.2, -0.15) is 0 Å². The van der Waals surface area contributed by atoms with Crippen molar-refractivity contribution in [3.8, 4) is 5.75 Å². The van der Waals surface area contributed by atoms with Gasteiger partial charge < -0.3 is 30.5 Å². The molecule has 1 aromatic rings. The van der Waals surface area contributed by atoms with Gasteiger partial charge in [0.1, 0.15) is 5.75 Å². The van der Waals surface area contributed by atoms with Crippen LogP contribution in [-0.2, 0) is 4.79 Å². The lowest BCUT2D eigenvalue weighted by atomic mass is 9.96. The summed E-state index contributed by atoms with van der Waals surface area (Å²) in [5, 5.41) is 3.53. The van der Waals surface area contributed by atoms with Crippen molar-refractivity contribution in [3.05, 3.63) is 24.3 Å². The number of nitrogens with zero attached hydrogens (tertiary/aromatic N) is 4. The van der Waals surface area contributed by atoms with E-state index in [0.717, 1.165) is 89.8 Å². The molecule has 0 aliphatic carbocycles. The zero-order chi connectivity index (χ0) is 22.1. The Hall–Kier alpha value is -2.48. The topological polar surface area (TPSA) is 86.4 Å². The summed E-state index contributed by atoms with van der Waals surface area (Å²) in [7, 11) is 3.57. The summed E-state index contributed by atoms with van der Waals surface area (Å²) >= 11 is 0. The lowest BCUT2D eigenvalue weighted by molar-refractivity contribution is -0.123. The molecular formula is C23H38N6O2. The predicted molar refractivity (Wildman–Crippen MR) is 126 cm³/mol. The molecule has 0 aromatic heterocycles. The van der Waals surface area contributed by atoms with Crippen molar-refractivity contribution in [1.29, 1.82) is 0 Å². The molecule has 1 amide bonds. The average molecular weight is 431 g/mol. The molecule has 2 aliphatic heterocycles. The maximum Gasteiger partial charge on any atom is 0.220 e. The normalized spacial score (nSPS) is 18.8. The Labute approximate surface area is 186 Å². The number of aliphatic imine (C=N–C) groups is 1.